The fourth-order valence-corrected chi connectivity index (χ4v) is 4.86. The summed E-state index contributed by atoms with van der Waals surface area (Å²) in [6.45, 7) is 5.01. The number of carbonyl (C=O) groups excluding carboxylic acids is 1. The predicted octanol–water partition coefficient (Wildman–Crippen LogP) is 2.72. The summed E-state index contributed by atoms with van der Waals surface area (Å²) in [4.78, 5) is 17.5. The lowest BCUT2D eigenvalue weighted by molar-refractivity contribution is -0.125. The SMILES string of the molecule is CCOC[C@H](C)N/C(=N/C1CC(C2CCC(F)CC2)NN1)NC(=O)C1CCCC(F)C1. The second kappa shape index (κ2) is 12.1. The molecule has 0 aromatic heterocycles. The minimum Gasteiger partial charge on any atom is -0.380 e. The Kier molecular flexibility index (Phi) is 9.47. The molecular formula is C22H39F2N5O2. The Labute approximate surface area is 184 Å². The highest BCUT2D eigenvalue weighted by Crippen LogP contribution is 2.31. The molecule has 1 heterocycles. The summed E-state index contributed by atoms with van der Waals surface area (Å²) in [6, 6.07) is 0.203. The normalized spacial score (nSPS) is 35.5. The smallest absolute Gasteiger partial charge is 0.229 e. The molecule has 0 bridgehead atoms. The van der Waals surface area contributed by atoms with Crippen LogP contribution in [0.15, 0.2) is 4.99 Å². The largest absolute Gasteiger partial charge is 0.380 e. The van der Waals surface area contributed by atoms with Crippen molar-refractivity contribution in [1.29, 1.82) is 0 Å². The number of alkyl halides is 2. The van der Waals surface area contributed by atoms with Gasteiger partial charge in [0, 0.05) is 31.0 Å². The molecule has 4 N–H and O–H groups in total. The zero-order valence-electron chi connectivity index (χ0n) is 18.8. The molecular weight excluding hydrogens is 404 g/mol. The number of rotatable bonds is 7. The first kappa shape index (κ1) is 24.3. The van der Waals surface area contributed by atoms with Crippen LogP contribution in [-0.2, 0) is 9.53 Å². The van der Waals surface area contributed by atoms with Gasteiger partial charge in [0.2, 0.25) is 5.91 Å². The Hall–Kier alpha value is -1.32. The maximum Gasteiger partial charge on any atom is 0.229 e. The molecule has 1 amide bonds. The van der Waals surface area contributed by atoms with Gasteiger partial charge in [-0.25, -0.2) is 19.2 Å². The van der Waals surface area contributed by atoms with Crippen molar-refractivity contribution in [1.82, 2.24) is 21.5 Å². The standard InChI is InChI=1S/C22H39F2N5O2/c1-3-31-13-14(2)25-22(27-21(30)16-5-4-6-18(24)11-16)26-20-12-19(28-29-20)15-7-9-17(23)10-8-15/h14-20,28-29H,3-13H2,1-2H3,(H2,25,26,27,30)/t14-,15?,16?,17?,18?,19?,20?/m0/s1. The number of carbonyl (C=O) groups is 1. The molecule has 3 fully saturated rings. The minimum atomic E-state index is -0.907. The van der Waals surface area contributed by atoms with Crippen molar-refractivity contribution in [2.24, 2.45) is 16.8 Å². The van der Waals surface area contributed by atoms with Crippen molar-refractivity contribution in [3.8, 4) is 0 Å². The number of guanidine groups is 1. The molecule has 9 heteroatoms. The van der Waals surface area contributed by atoms with Crippen LogP contribution in [0, 0.1) is 11.8 Å². The van der Waals surface area contributed by atoms with E-state index in [0.29, 0.717) is 50.8 Å². The molecule has 0 radical (unpaired) electrons. The first-order valence-electron chi connectivity index (χ1n) is 12.0. The summed E-state index contributed by atoms with van der Waals surface area (Å²) in [5.74, 6) is 0.328. The first-order chi connectivity index (χ1) is 14.9. The highest BCUT2D eigenvalue weighted by Gasteiger charge is 2.34. The third kappa shape index (κ3) is 7.64. The van der Waals surface area contributed by atoms with Gasteiger partial charge in [-0.2, -0.15) is 0 Å². The zero-order chi connectivity index (χ0) is 22.2. The molecule has 5 atom stereocenters. The summed E-state index contributed by atoms with van der Waals surface area (Å²) in [5.41, 5.74) is 6.52. The number of hydrogen-bond donors (Lipinski definition) is 4. The number of hydrogen-bond acceptors (Lipinski definition) is 5. The zero-order valence-corrected chi connectivity index (χ0v) is 18.8. The van der Waals surface area contributed by atoms with Gasteiger partial charge < -0.3 is 10.1 Å². The molecule has 0 spiro atoms. The lowest BCUT2D eigenvalue weighted by Gasteiger charge is -2.28. The number of nitrogens with zero attached hydrogens (tertiary/aromatic N) is 1. The van der Waals surface area contributed by atoms with E-state index in [4.69, 9.17) is 9.73 Å². The molecule has 4 unspecified atom stereocenters. The molecule has 7 nitrogen and oxygen atoms in total. The highest BCUT2D eigenvalue weighted by molar-refractivity contribution is 5.98. The van der Waals surface area contributed by atoms with Gasteiger partial charge >= 0.3 is 0 Å². The van der Waals surface area contributed by atoms with E-state index in [9.17, 15) is 13.6 Å². The average Bonchev–Trinajstić information content (AvgIpc) is 3.21. The summed E-state index contributed by atoms with van der Waals surface area (Å²) in [7, 11) is 0. The predicted molar refractivity (Wildman–Crippen MR) is 117 cm³/mol. The molecule has 1 aliphatic heterocycles. The van der Waals surface area contributed by atoms with E-state index < -0.39 is 12.3 Å². The number of halogens is 2. The number of amides is 1. The van der Waals surface area contributed by atoms with Crippen LogP contribution in [-0.4, -0.2) is 55.7 Å². The van der Waals surface area contributed by atoms with E-state index in [1.165, 1.54) is 0 Å². The lowest BCUT2D eigenvalue weighted by Crippen LogP contribution is -2.49. The monoisotopic (exact) mass is 443 g/mol. The summed E-state index contributed by atoms with van der Waals surface area (Å²) < 4.78 is 32.7. The number of aliphatic imine (C=N–C) groups is 1. The lowest BCUT2D eigenvalue weighted by atomic mass is 9.82. The molecule has 0 aromatic carbocycles. The van der Waals surface area contributed by atoms with Crippen LogP contribution in [0.2, 0.25) is 0 Å². The number of hydrazine groups is 1. The molecule has 3 aliphatic rings. The molecule has 2 aliphatic carbocycles. The van der Waals surface area contributed by atoms with Gasteiger partial charge in [0.25, 0.3) is 0 Å². The van der Waals surface area contributed by atoms with Crippen molar-refractivity contribution in [3.05, 3.63) is 0 Å². The fraction of sp³-hybridized carbons (Fsp3) is 0.909. The van der Waals surface area contributed by atoms with Gasteiger partial charge in [0.15, 0.2) is 5.96 Å². The molecule has 3 rings (SSSR count). The van der Waals surface area contributed by atoms with Crippen LogP contribution in [0.1, 0.15) is 71.6 Å². The summed E-state index contributed by atoms with van der Waals surface area (Å²) >= 11 is 0. The third-order valence-electron chi connectivity index (χ3n) is 6.65. The minimum absolute atomic E-state index is 0.0377. The Balaban J connectivity index is 1.59. The van der Waals surface area contributed by atoms with E-state index in [1.807, 2.05) is 13.8 Å². The average molecular weight is 444 g/mol. The second-order valence-electron chi connectivity index (χ2n) is 9.29. The number of nitrogens with one attached hydrogen (secondary N) is 4. The van der Waals surface area contributed by atoms with Gasteiger partial charge in [-0.05, 0) is 71.1 Å². The first-order valence-corrected chi connectivity index (χ1v) is 12.0. The van der Waals surface area contributed by atoms with E-state index in [1.54, 1.807) is 0 Å². The van der Waals surface area contributed by atoms with Gasteiger partial charge in [-0.1, -0.05) is 0 Å². The van der Waals surface area contributed by atoms with Crippen molar-refractivity contribution in [3.63, 3.8) is 0 Å². The maximum absolute atomic E-state index is 13.8. The highest BCUT2D eigenvalue weighted by atomic mass is 19.1. The molecule has 1 saturated heterocycles. The van der Waals surface area contributed by atoms with Crippen molar-refractivity contribution >= 4 is 11.9 Å². The van der Waals surface area contributed by atoms with Gasteiger partial charge in [-0.3, -0.25) is 15.5 Å². The van der Waals surface area contributed by atoms with E-state index in [2.05, 4.69) is 21.5 Å². The molecule has 2 saturated carbocycles. The van der Waals surface area contributed by atoms with Crippen LogP contribution >= 0.6 is 0 Å². The van der Waals surface area contributed by atoms with Gasteiger partial charge in [0.05, 0.1) is 6.61 Å². The van der Waals surface area contributed by atoms with Crippen LogP contribution < -0.4 is 21.5 Å². The fourth-order valence-electron chi connectivity index (χ4n) is 4.86. The van der Waals surface area contributed by atoms with Crippen LogP contribution in [0.4, 0.5) is 8.78 Å². The van der Waals surface area contributed by atoms with E-state index in [-0.39, 0.29) is 36.5 Å². The molecule has 178 valence electrons. The van der Waals surface area contributed by atoms with Crippen LogP contribution in [0.5, 0.6) is 0 Å². The van der Waals surface area contributed by atoms with Crippen LogP contribution in [0.3, 0.4) is 0 Å². The van der Waals surface area contributed by atoms with Crippen molar-refractivity contribution in [2.45, 2.75) is 102 Å². The Morgan fingerprint density at radius 2 is 1.87 bits per heavy atom. The molecule has 31 heavy (non-hydrogen) atoms. The number of ether oxygens (including phenoxy) is 1. The van der Waals surface area contributed by atoms with Crippen molar-refractivity contribution in [2.75, 3.05) is 13.2 Å². The maximum atomic E-state index is 13.8. The van der Waals surface area contributed by atoms with Gasteiger partial charge in [-0.15, -0.1) is 0 Å². The van der Waals surface area contributed by atoms with Gasteiger partial charge in [0.1, 0.15) is 18.5 Å². The topological polar surface area (TPSA) is 86.8 Å². The van der Waals surface area contributed by atoms with E-state index >= 15 is 0 Å². The Bertz CT molecular complexity index is 600. The Morgan fingerprint density at radius 1 is 1.10 bits per heavy atom. The summed E-state index contributed by atoms with van der Waals surface area (Å²) in [6.07, 6.45) is 4.29. The van der Waals surface area contributed by atoms with E-state index in [0.717, 1.165) is 25.7 Å². The molecule has 0 aromatic rings. The Morgan fingerprint density at radius 3 is 2.58 bits per heavy atom. The summed E-state index contributed by atoms with van der Waals surface area (Å²) in [5, 5.41) is 6.14. The third-order valence-corrected chi connectivity index (χ3v) is 6.65. The quantitative estimate of drug-likeness (QED) is 0.359. The van der Waals surface area contributed by atoms with Crippen LogP contribution in [0.25, 0.3) is 0 Å². The second-order valence-corrected chi connectivity index (χ2v) is 9.29. The van der Waals surface area contributed by atoms with Crippen molar-refractivity contribution < 1.29 is 18.3 Å².